The van der Waals surface area contributed by atoms with Crippen LogP contribution < -0.4 is 0 Å². The van der Waals surface area contributed by atoms with Crippen LogP contribution in [0.3, 0.4) is 0 Å². The molecule has 1 atom stereocenters. The fourth-order valence-electron chi connectivity index (χ4n) is 4.28. The number of fused-ring (bicyclic) bond motifs is 1. The van der Waals surface area contributed by atoms with Gasteiger partial charge in [-0.25, -0.2) is 9.78 Å². The van der Waals surface area contributed by atoms with E-state index in [0.29, 0.717) is 41.2 Å². The fraction of sp³-hybridized carbons (Fsp3) is 0.280. The van der Waals surface area contributed by atoms with E-state index < -0.39 is 23.7 Å². The van der Waals surface area contributed by atoms with E-state index in [9.17, 15) is 19.5 Å². The fourth-order valence-corrected chi connectivity index (χ4v) is 4.28. The Kier molecular flexibility index (Phi) is 6.47. The molecule has 176 valence electrons. The van der Waals surface area contributed by atoms with Gasteiger partial charge in [0, 0.05) is 26.5 Å². The lowest BCUT2D eigenvalue weighted by atomic mass is 9.95. The first kappa shape index (κ1) is 23.2. The molecule has 1 unspecified atom stereocenters. The topological polar surface area (TPSA) is 110 Å². The van der Waals surface area contributed by atoms with Gasteiger partial charge >= 0.3 is 5.97 Å². The molecule has 3 heterocycles. The van der Waals surface area contributed by atoms with Crippen molar-refractivity contribution in [3.05, 3.63) is 76.7 Å². The molecule has 1 aliphatic rings. The number of ether oxygens (including phenoxy) is 2. The van der Waals surface area contributed by atoms with Crippen molar-refractivity contribution in [2.75, 3.05) is 27.4 Å². The molecule has 0 radical (unpaired) electrons. The molecule has 2 aromatic heterocycles. The van der Waals surface area contributed by atoms with Crippen molar-refractivity contribution >= 4 is 29.1 Å². The van der Waals surface area contributed by atoms with E-state index in [4.69, 9.17) is 9.47 Å². The van der Waals surface area contributed by atoms with Gasteiger partial charge in [-0.15, -0.1) is 0 Å². The van der Waals surface area contributed by atoms with Crippen molar-refractivity contribution in [3.63, 3.8) is 0 Å². The Balaban J connectivity index is 1.88. The van der Waals surface area contributed by atoms with E-state index in [-0.39, 0.29) is 17.9 Å². The summed E-state index contributed by atoms with van der Waals surface area (Å²) in [5.41, 5.74) is 2.37. The lowest BCUT2D eigenvalue weighted by molar-refractivity contribution is -0.140. The van der Waals surface area contributed by atoms with E-state index in [0.717, 1.165) is 0 Å². The second kappa shape index (κ2) is 9.48. The number of aliphatic hydroxyl groups excluding tert-OH is 1. The van der Waals surface area contributed by atoms with Gasteiger partial charge in [-0.1, -0.05) is 18.2 Å². The molecule has 0 spiro atoms. The predicted octanol–water partition coefficient (Wildman–Crippen LogP) is 2.89. The highest BCUT2D eigenvalue weighted by atomic mass is 16.5. The number of aliphatic hydroxyl groups is 1. The first-order valence-electron chi connectivity index (χ1n) is 10.8. The summed E-state index contributed by atoms with van der Waals surface area (Å²) < 4.78 is 11.5. The number of carbonyl (C=O) groups is 3. The van der Waals surface area contributed by atoms with Crippen LogP contribution in [0, 0.1) is 6.92 Å². The van der Waals surface area contributed by atoms with E-state index >= 15 is 0 Å². The molecular formula is C25H25N3O6. The van der Waals surface area contributed by atoms with Crippen LogP contribution in [0.4, 0.5) is 0 Å². The number of Topliss-reactive ketones (excluding diaryl/α,β-unsaturated/α-hetero) is 1. The average molecular weight is 463 g/mol. The second-order valence-electron chi connectivity index (χ2n) is 7.93. The number of nitrogens with zero attached hydrogens (tertiary/aromatic N) is 3. The van der Waals surface area contributed by atoms with E-state index in [1.807, 2.05) is 6.07 Å². The first-order valence-corrected chi connectivity index (χ1v) is 10.8. The minimum absolute atomic E-state index is 0.0259. The second-order valence-corrected chi connectivity index (χ2v) is 7.93. The minimum Gasteiger partial charge on any atom is -0.505 e. The first-order chi connectivity index (χ1) is 16.4. The van der Waals surface area contributed by atoms with Gasteiger partial charge in [0.2, 0.25) is 0 Å². The number of carbonyl (C=O) groups excluding carboxylic acids is 3. The Labute approximate surface area is 196 Å². The number of hydrogen-bond acceptors (Lipinski definition) is 7. The number of esters is 1. The molecule has 34 heavy (non-hydrogen) atoms. The Bertz CT molecular complexity index is 1290. The van der Waals surface area contributed by atoms with Gasteiger partial charge in [0.15, 0.2) is 5.76 Å². The van der Waals surface area contributed by atoms with Crippen molar-refractivity contribution in [3.8, 4) is 0 Å². The summed E-state index contributed by atoms with van der Waals surface area (Å²) in [6.07, 6.45) is 2.24. The van der Waals surface area contributed by atoms with E-state index in [2.05, 4.69) is 4.98 Å². The predicted molar refractivity (Wildman–Crippen MR) is 123 cm³/mol. The number of rotatable bonds is 7. The molecule has 0 saturated carbocycles. The number of ketones is 1. The van der Waals surface area contributed by atoms with Crippen LogP contribution in [0.15, 0.2) is 54.2 Å². The Hall–Kier alpha value is -3.98. The van der Waals surface area contributed by atoms with Gasteiger partial charge in [-0.3, -0.25) is 14.0 Å². The van der Waals surface area contributed by atoms with E-state index in [1.54, 1.807) is 61.0 Å². The smallest absolute Gasteiger partial charge is 0.337 e. The maximum Gasteiger partial charge on any atom is 0.337 e. The van der Waals surface area contributed by atoms with Crippen LogP contribution in [-0.4, -0.2) is 64.4 Å². The SMILES string of the molecule is COCCCN1C(=O)C(=O)C(=C(O)c2c(C)nc3ccccn23)C1c1ccc(C(=O)OC)cc1. The summed E-state index contributed by atoms with van der Waals surface area (Å²) >= 11 is 0. The molecule has 0 aliphatic carbocycles. The zero-order chi connectivity index (χ0) is 24.4. The number of hydrogen-bond donors (Lipinski definition) is 1. The van der Waals surface area contributed by atoms with Crippen LogP contribution in [0.1, 0.15) is 39.8 Å². The van der Waals surface area contributed by atoms with Gasteiger partial charge < -0.3 is 19.5 Å². The Morgan fingerprint density at radius 2 is 1.85 bits per heavy atom. The quantitative estimate of drug-likeness (QED) is 0.189. The number of aromatic nitrogens is 2. The van der Waals surface area contributed by atoms with Crippen molar-refractivity contribution in [1.29, 1.82) is 0 Å². The van der Waals surface area contributed by atoms with Gasteiger partial charge in [0.05, 0.1) is 30.0 Å². The molecular weight excluding hydrogens is 438 g/mol. The molecule has 9 nitrogen and oxygen atoms in total. The third kappa shape index (κ3) is 3.94. The number of methoxy groups -OCH3 is 2. The molecule has 1 aliphatic heterocycles. The Morgan fingerprint density at radius 3 is 2.53 bits per heavy atom. The molecule has 4 rings (SSSR count). The van der Waals surface area contributed by atoms with Crippen molar-refractivity contribution in [2.24, 2.45) is 0 Å². The van der Waals surface area contributed by atoms with Crippen LogP contribution in [0.25, 0.3) is 11.4 Å². The lowest BCUT2D eigenvalue weighted by Gasteiger charge is -2.25. The number of benzene rings is 1. The summed E-state index contributed by atoms with van der Waals surface area (Å²) in [5, 5.41) is 11.4. The number of pyridine rings is 1. The normalized spacial score (nSPS) is 17.5. The molecule has 3 aromatic rings. The molecule has 1 aromatic carbocycles. The maximum absolute atomic E-state index is 13.2. The molecule has 9 heteroatoms. The zero-order valence-corrected chi connectivity index (χ0v) is 19.1. The van der Waals surface area contributed by atoms with Gasteiger partial charge in [0.25, 0.3) is 11.7 Å². The summed E-state index contributed by atoms with van der Waals surface area (Å²) in [6, 6.07) is 11.0. The third-order valence-electron chi connectivity index (χ3n) is 5.86. The molecule has 1 saturated heterocycles. The van der Waals surface area contributed by atoms with Crippen LogP contribution >= 0.6 is 0 Å². The highest BCUT2D eigenvalue weighted by Gasteiger charge is 2.46. The molecule has 1 amide bonds. The number of amides is 1. The summed E-state index contributed by atoms with van der Waals surface area (Å²) in [7, 11) is 2.85. The monoisotopic (exact) mass is 463 g/mol. The third-order valence-corrected chi connectivity index (χ3v) is 5.86. The zero-order valence-electron chi connectivity index (χ0n) is 19.1. The summed E-state index contributed by atoms with van der Waals surface area (Å²) in [4.78, 5) is 44.0. The Morgan fingerprint density at radius 1 is 1.12 bits per heavy atom. The highest BCUT2D eigenvalue weighted by molar-refractivity contribution is 6.46. The maximum atomic E-state index is 13.2. The van der Waals surface area contributed by atoms with Crippen molar-refractivity contribution < 1.29 is 29.0 Å². The minimum atomic E-state index is -0.836. The summed E-state index contributed by atoms with van der Waals surface area (Å²) in [5.74, 6) is -2.28. The highest BCUT2D eigenvalue weighted by Crippen LogP contribution is 2.40. The van der Waals surface area contributed by atoms with Crippen LogP contribution in [0.2, 0.25) is 0 Å². The largest absolute Gasteiger partial charge is 0.505 e. The number of imidazole rings is 1. The van der Waals surface area contributed by atoms with Crippen LogP contribution in [0.5, 0.6) is 0 Å². The molecule has 1 N–H and O–H groups in total. The molecule has 0 bridgehead atoms. The average Bonchev–Trinajstić information content (AvgIpc) is 3.31. The summed E-state index contributed by atoms with van der Waals surface area (Å²) in [6.45, 7) is 2.39. The van der Waals surface area contributed by atoms with Crippen LogP contribution in [-0.2, 0) is 19.1 Å². The number of aryl methyl sites for hydroxylation is 1. The van der Waals surface area contributed by atoms with Gasteiger partial charge in [-0.2, -0.15) is 0 Å². The van der Waals surface area contributed by atoms with Gasteiger partial charge in [0.1, 0.15) is 11.3 Å². The number of likely N-dealkylation sites (tertiary alicyclic amines) is 1. The standard InChI is InChI=1S/C25H25N3O6/c1-15-20(27-12-5-4-7-18(27)26-15)22(29)19-21(16-8-10-17(11-9-16)25(32)34-3)28(13-6-14-33-2)24(31)23(19)30/h4-5,7-12,21,29H,6,13-14H2,1-3H3. The van der Waals surface area contributed by atoms with Crippen molar-refractivity contribution in [1.82, 2.24) is 14.3 Å². The van der Waals surface area contributed by atoms with E-state index in [1.165, 1.54) is 12.0 Å². The van der Waals surface area contributed by atoms with Gasteiger partial charge in [-0.05, 0) is 43.2 Å². The van der Waals surface area contributed by atoms with Crippen molar-refractivity contribution in [2.45, 2.75) is 19.4 Å². The lowest BCUT2D eigenvalue weighted by Crippen LogP contribution is -2.31. The molecule has 1 fully saturated rings.